The lowest BCUT2D eigenvalue weighted by Gasteiger charge is -2.27. The van der Waals surface area contributed by atoms with E-state index in [4.69, 9.17) is 9.56 Å². The third-order valence-electron chi connectivity index (χ3n) is 7.05. The fraction of sp³-hybridized carbons (Fsp3) is 0.133. The Morgan fingerprint density at radius 2 is 1.74 bits per heavy atom. The van der Waals surface area contributed by atoms with Crippen LogP contribution in [0.15, 0.2) is 99.6 Å². The van der Waals surface area contributed by atoms with Gasteiger partial charge in [0.2, 0.25) is 21.8 Å². The normalized spacial score (nSPS) is 15.5. The molecule has 42 heavy (non-hydrogen) atoms. The van der Waals surface area contributed by atoms with E-state index in [1.807, 2.05) is 24.3 Å². The summed E-state index contributed by atoms with van der Waals surface area (Å²) in [6, 6.07) is 22.6. The Morgan fingerprint density at radius 1 is 1.00 bits per heavy atom. The molecule has 2 N–H and O–H groups in total. The van der Waals surface area contributed by atoms with E-state index in [1.165, 1.54) is 28.4 Å². The van der Waals surface area contributed by atoms with E-state index < -0.39 is 27.9 Å². The van der Waals surface area contributed by atoms with Crippen molar-refractivity contribution in [2.75, 3.05) is 11.4 Å². The number of para-hydroxylation sites is 2. The van der Waals surface area contributed by atoms with Gasteiger partial charge in [-0.15, -0.1) is 11.3 Å². The summed E-state index contributed by atoms with van der Waals surface area (Å²) in [5, 5.41) is 6.95. The Balaban J connectivity index is 1.23. The topological polar surface area (TPSA) is 144 Å². The number of hydrogen-bond acceptors (Lipinski definition) is 8. The van der Waals surface area contributed by atoms with Gasteiger partial charge in [0, 0.05) is 12.1 Å². The summed E-state index contributed by atoms with van der Waals surface area (Å²) in [7, 11) is -3.84. The summed E-state index contributed by atoms with van der Waals surface area (Å²) >= 11 is 1.25. The molecule has 3 aromatic carbocycles. The number of sulfonamides is 1. The number of fused-ring (bicyclic) bond motifs is 1. The van der Waals surface area contributed by atoms with Crippen LogP contribution in [0.25, 0.3) is 22.6 Å². The number of thiophene rings is 1. The maximum Gasteiger partial charge on any atom is 0.264 e. The van der Waals surface area contributed by atoms with Gasteiger partial charge in [0.25, 0.3) is 11.8 Å². The van der Waals surface area contributed by atoms with Gasteiger partial charge in [0.05, 0.1) is 21.9 Å². The number of carbonyl (C=O) groups excluding carboxylic acids is 3. The average molecular weight is 601 g/mol. The first-order chi connectivity index (χ1) is 20.2. The van der Waals surface area contributed by atoms with E-state index in [-0.39, 0.29) is 23.8 Å². The molecular weight excluding hydrogens is 576 g/mol. The fourth-order valence-corrected chi connectivity index (χ4v) is 6.11. The van der Waals surface area contributed by atoms with Gasteiger partial charge in [-0.25, -0.2) is 23.4 Å². The lowest BCUT2D eigenvalue weighted by atomic mass is 10.1. The molecule has 6 rings (SSSR count). The minimum Gasteiger partial charge on any atom is -0.436 e. The van der Waals surface area contributed by atoms with Crippen LogP contribution < -0.4 is 10.0 Å². The first kappa shape index (κ1) is 27.5. The van der Waals surface area contributed by atoms with Gasteiger partial charge >= 0.3 is 0 Å². The molecule has 0 spiro atoms. The van der Waals surface area contributed by atoms with Crippen molar-refractivity contribution in [1.29, 1.82) is 0 Å². The van der Waals surface area contributed by atoms with Gasteiger partial charge in [-0.1, -0.05) is 30.3 Å². The summed E-state index contributed by atoms with van der Waals surface area (Å²) in [6.45, 7) is 0.139. The molecule has 5 aromatic rings. The highest BCUT2D eigenvalue weighted by molar-refractivity contribution is 7.89. The van der Waals surface area contributed by atoms with Crippen LogP contribution in [-0.2, 0) is 26.0 Å². The maximum atomic E-state index is 13.7. The zero-order valence-electron chi connectivity index (χ0n) is 22.0. The average Bonchev–Trinajstić information content (AvgIpc) is 3.73. The van der Waals surface area contributed by atoms with Crippen LogP contribution in [0.5, 0.6) is 0 Å². The number of nitrogens with zero attached hydrogens (tertiary/aromatic N) is 3. The monoisotopic (exact) mass is 600 g/mol. The largest absolute Gasteiger partial charge is 0.436 e. The SMILES string of the molecule is NS(=O)(=O)c1ccc(CCN(C(=O)c2cccs2)C2CC(=O)N(c3ccc(-c4nc5ccccc5o4)cc3)C2=O)cc1. The standard InChI is InChI=1S/C30H24N4O6S2/c31-42(38,39)22-13-7-19(8-14-22)15-16-33(30(37)26-6-3-17-41-26)24-18-27(35)34(29(24)36)21-11-9-20(10-12-21)28-32-23-4-1-2-5-25(23)40-28/h1-14,17,24H,15-16,18H2,(H2,31,38,39). The molecule has 10 nitrogen and oxygen atoms in total. The molecule has 12 heteroatoms. The summed E-state index contributed by atoms with van der Waals surface area (Å²) < 4.78 is 29.0. The third-order valence-corrected chi connectivity index (χ3v) is 8.84. The molecule has 3 amide bonds. The Kier molecular flexibility index (Phi) is 7.19. The Morgan fingerprint density at radius 3 is 2.40 bits per heavy atom. The van der Waals surface area contributed by atoms with E-state index in [1.54, 1.807) is 53.9 Å². The number of benzene rings is 3. The number of anilines is 1. The van der Waals surface area contributed by atoms with Gasteiger partial charge in [0.1, 0.15) is 11.6 Å². The molecule has 212 valence electrons. The van der Waals surface area contributed by atoms with E-state index in [0.717, 1.165) is 16.0 Å². The predicted molar refractivity (Wildman–Crippen MR) is 157 cm³/mol. The highest BCUT2D eigenvalue weighted by Gasteiger charge is 2.44. The number of oxazole rings is 1. The molecule has 0 bridgehead atoms. The lowest BCUT2D eigenvalue weighted by Crippen LogP contribution is -2.46. The highest BCUT2D eigenvalue weighted by atomic mass is 32.2. The second-order valence-electron chi connectivity index (χ2n) is 9.74. The van der Waals surface area contributed by atoms with Gasteiger partial charge in [-0.05, 0) is 72.0 Å². The first-order valence-electron chi connectivity index (χ1n) is 13.0. The minimum absolute atomic E-state index is 0.0212. The van der Waals surface area contributed by atoms with Crippen molar-refractivity contribution < 1.29 is 27.2 Å². The van der Waals surface area contributed by atoms with Crippen molar-refractivity contribution >= 4 is 55.9 Å². The summed E-state index contributed by atoms with van der Waals surface area (Å²) in [5.41, 5.74) is 3.19. The van der Waals surface area contributed by atoms with Crippen molar-refractivity contribution in [3.8, 4) is 11.5 Å². The minimum atomic E-state index is -3.84. The molecule has 1 saturated heterocycles. The molecule has 1 aliphatic rings. The first-order valence-corrected chi connectivity index (χ1v) is 15.4. The van der Waals surface area contributed by atoms with Gasteiger partial charge in [0.15, 0.2) is 5.58 Å². The number of imide groups is 1. The van der Waals surface area contributed by atoms with Crippen LogP contribution in [0.1, 0.15) is 21.7 Å². The Labute approximate surface area is 245 Å². The second-order valence-corrected chi connectivity index (χ2v) is 12.2. The van der Waals surface area contributed by atoms with Crippen molar-refractivity contribution in [2.24, 2.45) is 5.14 Å². The molecule has 1 aliphatic heterocycles. The summed E-state index contributed by atoms with van der Waals surface area (Å²) in [4.78, 5) is 47.8. The number of aromatic nitrogens is 1. The third kappa shape index (κ3) is 5.34. The summed E-state index contributed by atoms with van der Waals surface area (Å²) in [6.07, 6.45) is 0.173. The number of carbonyl (C=O) groups is 3. The van der Waals surface area contributed by atoms with E-state index in [9.17, 15) is 22.8 Å². The highest BCUT2D eigenvalue weighted by Crippen LogP contribution is 2.30. The summed E-state index contributed by atoms with van der Waals surface area (Å²) in [5.74, 6) is -0.847. The zero-order chi connectivity index (χ0) is 29.4. The Hall–Kier alpha value is -4.65. The molecule has 0 radical (unpaired) electrons. The van der Waals surface area contributed by atoms with Crippen molar-refractivity contribution in [3.63, 3.8) is 0 Å². The number of amides is 3. The zero-order valence-corrected chi connectivity index (χ0v) is 23.7. The van der Waals surface area contributed by atoms with E-state index >= 15 is 0 Å². The molecule has 1 atom stereocenters. The molecule has 1 fully saturated rings. The smallest absolute Gasteiger partial charge is 0.264 e. The van der Waals surface area contributed by atoms with Crippen LogP contribution >= 0.6 is 11.3 Å². The maximum absolute atomic E-state index is 13.7. The van der Waals surface area contributed by atoms with Crippen molar-refractivity contribution in [2.45, 2.75) is 23.8 Å². The number of rotatable bonds is 8. The van der Waals surface area contributed by atoms with Crippen LogP contribution in [-0.4, -0.2) is 48.6 Å². The van der Waals surface area contributed by atoms with Gasteiger partial charge < -0.3 is 9.32 Å². The second kappa shape index (κ2) is 11.0. The quantitative estimate of drug-likeness (QED) is 0.263. The van der Waals surface area contributed by atoms with Gasteiger partial charge in [-0.3, -0.25) is 14.4 Å². The van der Waals surface area contributed by atoms with Gasteiger partial charge in [-0.2, -0.15) is 0 Å². The number of nitrogens with two attached hydrogens (primary N) is 1. The van der Waals surface area contributed by atoms with Crippen LogP contribution in [0, 0.1) is 0 Å². The number of primary sulfonamides is 1. The lowest BCUT2D eigenvalue weighted by molar-refractivity contribution is -0.122. The molecule has 2 aromatic heterocycles. The van der Waals surface area contributed by atoms with Crippen LogP contribution in [0.2, 0.25) is 0 Å². The van der Waals surface area contributed by atoms with E-state index in [2.05, 4.69) is 4.98 Å². The molecule has 0 aliphatic carbocycles. The molecule has 1 unspecified atom stereocenters. The van der Waals surface area contributed by atoms with Crippen molar-refractivity contribution in [3.05, 3.63) is 101 Å². The van der Waals surface area contributed by atoms with Crippen LogP contribution in [0.4, 0.5) is 5.69 Å². The fourth-order valence-electron chi connectivity index (χ4n) is 4.92. The number of hydrogen-bond donors (Lipinski definition) is 1. The van der Waals surface area contributed by atoms with Crippen LogP contribution in [0.3, 0.4) is 0 Å². The molecule has 0 saturated carbocycles. The Bertz CT molecular complexity index is 1870. The van der Waals surface area contributed by atoms with Crippen molar-refractivity contribution in [1.82, 2.24) is 9.88 Å². The molecule has 3 heterocycles. The predicted octanol–water partition coefficient (Wildman–Crippen LogP) is 4.22. The van der Waals surface area contributed by atoms with E-state index in [0.29, 0.717) is 34.0 Å². The molecular formula is C30H24N4O6S2.